The molecule has 1 nitrogen and oxygen atoms in total. The molecule has 0 bridgehead atoms. The van der Waals surface area contributed by atoms with Gasteiger partial charge in [0.2, 0.25) is 0 Å². The summed E-state index contributed by atoms with van der Waals surface area (Å²) in [6, 6.07) is 0. The largest absolute Gasteiger partial charge is 0.376 e. The molecule has 2 heteroatoms. The standard InChI is InChI=1S/C17H25ClO/c1-9-7-8-19-17(9)16(18)15-13(5)11(3)10(2)12(4)14(15)6/h9,16-17H,7-8H2,1-6H3. The Morgan fingerprint density at radius 3 is 1.84 bits per heavy atom. The van der Waals surface area contributed by atoms with E-state index in [9.17, 15) is 0 Å². The van der Waals surface area contributed by atoms with Gasteiger partial charge in [0, 0.05) is 6.61 Å². The van der Waals surface area contributed by atoms with Gasteiger partial charge in [-0.2, -0.15) is 0 Å². The summed E-state index contributed by atoms with van der Waals surface area (Å²) in [5.74, 6) is 0.545. The average Bonchev–Trinajstić information content (AvgIpc) is 2.80. The minimum Gasteiger partial charge on any atom is -0.376 e. The predicted octanol–water partition coefficient (Wildman–Crippen LogP) is 4.93. The second-order valence-electron chi connectivity index (χ2n) is 6.04. The molecule has 0 radical (unpaired) electrons. The zero-order valence-electron chi connectivity index (χ0n) is 12.9. The molecule has 1 aromatic carbocycles. The molecule has 3 atom stereocenters. The number of alkyl halides is 1. The predicted molar refractivity (Wildman–Crippen MR) is 82.2 cm³/mol. The molecule has 0 spiro atoms. The fraction of sp³-hybridized carbons (Fsp3) is 0.647. The molecule has 0 N–H and O–H groups in total. The van der Waals surface area contributed by atoms with Gasteiger partial charge in [-0.3, -0.25) is 0 Å². The van der Waals surface area contributed by atoms with Crippen LogP contribution in [-0.2, 0) is 4.74 Å². The number of rotatable bonds is 2. The highest BCUT2D eigenvalue weighted by atomic mass is 35.5. The first-order valence-corrected chi connectivity index (χ1v) is 7.62. The van der Waals surface area contributed by atoms with Crippen molar-refractivity contribution in [3.05, 3.63) is 33.4 Å². The fourth-order valence-electron chi connectivity index (χ4n) is 3.20. The third-order valence-electron chi connectivity index (χ3n) is 5.07. The molecule has 0 aromatic heterocycles. The molecule has 19 heavy (non-hydrogen) atoms. The van der Waals surface area contributed by atoms with Gasteiger partial charge in [-0.1, -0.05) is 6.92 Å². The zero-order valence-corrected chi connectivity index (χ0v) is 13.7. The van der Waals surface area contributed by atoms with Crippen molar-refractivity contribution in [3.63, 3.8) is 0 Å². The lowest BCUT2D eigenvalue weighted by atomic mass is 9.85. The van der Waals surface area contributed by atoms with Crippen LogP contribution in [0.3, 0.4) is 0 Å². The Bertz CT molecular complexity index is 464. The zero-order chi connectivity index (χ0) is 14.3. The Morgan fingerprint density at radius 2 is 1.42 bits per heavy atom. The van der Waals surface area contributed by atoms with E-state index in [2.05, 4.69) is 41.5 Å². The van der Waals surface area contributed by atoms with Crippen LogP contribution in [0.15, 0.2) is 0 Å². The maximum atomic E-state index is 6.79. The summed E-state index contributed by atoms with van der Waals surface area (Å²) in [6.45, 7) is 14.1. The van der Waals surface area contributed by atoms with E-state index in [0.717, 1.165) is 13.0 Å². The summed E-state index contributed by atoms with van der Waals surface area (Å²) < 4.78 is 5.87. The first-order chi connectivity index (χ1) is 8.86. The summed E-state index contributed by atoms with van der Waals surface area (Å²) in [7, 11) is 0. The Kier molecular flexibility index (Phi) is 4.27. The van der Waals surface area contributed by atoms with Gasteiger partial charge in [0.1, 0.15) is 0 Å². The topological polar surface area (TPSA) is 9.23 Å². The fourth-order valence-corrected chi connectivity index (χ4v) is 3.85. The van der Waals surface area contributed by atoms with Crippen LogP contribution in [0.1, 0.15) is 52.1 Å². The van der Waals surface area contributed by atoms with Gasteiger partial charge in [-0.25, -0.2) is 0 Å². The van der Waals surface area contributed by atoms with E-state index >= 15 is 0 Å². The second-order valence-corrected chi connectivity index (χ2v) is 6.51. The van der Waals surface area contributed by atoms with Crippen molar-refractivity contribution in [2.75, 3.05) is 6.61 Å². The first-order valence-electron chi connectivity index (χ1n) is 7.18. The van der Waals surface area contributed by atoms with Crippen LogP contribution in [0.25, 0.3) is 0 Å². The maximum Gasteiger partial charge on any atom is 0.0855 e. The first kappa shape index (κ1) is 14.9. The lowest BCUT2D eigenvalue weighted by Crippen LogP contribution is -2.21. The summed E-state index contributed by atoms with van der Waals surface area (Å²) in [5.41, 5.74) is 8.10. The van der Waals surface area contributed by atoms with Crippen molar-refractivity contribution in [1.29, 1.82) is 0 Å². The maximum absolute atomic E-state index is 6.79. The summed E-state index contributed by atoms with van der Waals surface area (Å²) in [5, 5.41) is -0.0319. The molecule has 1 saturated heterocycles. The third kappa shape index (κ3) is 2.43. The van der Waals surface area contributed by atoms with Crippen LogP contribution >= 0.6 is 11.6 Å². The van der Waals surface area contributed by atoms with Gasteiger partial charge < -0.3 is 4.74 Å². The molecule has 1 aliphatic rings. The van der Waals surface area contributed by atoms with Gasteiger partial charge in [0.25, 0.3) is 0 Å². The van der Waals surface area contributed by atoms with Gasteiger partial charge in [0.15, 0.2) is 0 Å². The van der Waals surface area contributed by atoms with E-state index in [-0.39, 0.29) is 11.5 Å². The quantitative estimate of drug-likeness (QED) is 0.698. The van der Waals surface area contributed by atoms with E-state index in [1.165, 1.54) is 33.4 Å². The third-order valence-corrected chi connectivity index (χ3v) is 5.53. The highest BCUT2D eigenvalue weighted by molar-refractivity contribution is 6.21. The van der Waals surface area contributed by atoms with E-state index in [4.69, 9.17) is 16.3 Å². The lowest BCUT2D eigenvalue weighted by molar-refractivity contribution is 0.0900. The molecular formula is C17H25ClO. The van der Waals surface area contributed by atoms with Crippen molar-refractivity contribution in [1.82, 2.24) is 0 Å². The number of benzene rings is 1. The summed E-state index contributed by atoms with van der Waals surface area (Å²) in [4.78, 5) is 0. The van der Waals surface area contributed by atoms with Gasteiger partial charge >= 0.3 is 0 Å². The molecular weight excluding hydrogens is 256 g/mol. The number of hydrogen-bond donors (Lipinski definition) is 0. The highest BCUT2D eigenvalue weighted by Gasteiger charge is 2.34. The lowest BCUT2D eigenvalue weighted by Gasteiger charge is -2.27. The molecule has 0 saturated carbocycles. The molecule has 2 rings (SSSR count). The van der Waals surface area contributed by atoms with Crippen LogP contribution in [0.5, 0.6) is 0 Å². The number of halogens is 1. The van der Waals surface area contributed by atoms with Gasteiger partial charge in [0.05, 0.1) is 11.5 Å². The summed E-state index contributed by atoms with van der Waals surface area (Å²) in [6.07, 6.45) is 1.27. The van der Waals surface area contributed by atoms with Gasteiger partial charge in [-0.15, -0.1) is 11.6 Å². The normalized spacial score (nSPS) is 24.8. The van der Waals surface area contributed by atoms with Crippen LogP contribution in [0, 0.1) is 40.5 Å². The highest BCUT2D eigenvalue weighted by Crippen LogP contribution is 2.40. The summed E-state index contributed by atoms with van der Waals surface area (Å²) >= 11 is 6.79. The van der Waals surface area contributed by atoms with E-state index in [1.54, 1.807) is 0 Å². The second kappa shape index (κ2) is 5.46. The minimum absolute atomic E-state index is 0.0319. The smallest absolute Gasteiger partial charge is 0.0855 e. The van der Waals surface area contributed by atoms with Crippen LogP contribution in [0.4, 0.5) is 0 Å². The Labute approximate surface area is 122 Å². The van der Waals surface area contributed by atoms with E-state index in [1.807, 2.05) is 0 Å². The molecule has 0 amide bonds. The molecule has 1 heterocycles. The van der Waals surface area contributed by atoms with Crippen molar-refractivity contribution >= 4 is 11.6 Å². The van der Waals surface area contributed by atoms with Crippen molar-refractivity contribution in [3.8, 4) is 0 Å². The van der Waals surface area contributed by atoms with Crippen LogP contribution < -0.4 is 0 Å². The Morgan fingerprint density at radius 1 is 0.947 bits per heavy atom. The van der Waals surface area contributed by atoms with Crippen LogP contribution in [0.2, 0.25) is 0 Å². The Hall–Kier alpha value is -0.530. The SMILES string of the molecule is Cc1c(C)c(C)c(C(Cl)C2OCCC2C)c(C)c1C. The molecule has 1 aromatic rings. The Balaban J connectivity index is 2.50. The van der Waals surface area contributed by atoms with Crippen molar-refractivity contribution < 1.29 is 4.74 Å². The van der Waals surface area contributed by atoms with Crippen molar-refractivity contribution in [2.45, 2.75) is 59.4 Å². The number of hydrogen-bond acceptors (Lipinski definition) is 1. The monoisotopic (exact) mass is 280 g/mol. The molecule has 106 valence electrons. The molecule has 1 aliphatic heterocycles. The van der Waals surface area contributed by atoms with Crippen LogP contribution in [-0.4, -0.2) is 12.7 Å². The van der Waals surface area contributed by atoms with E-state index in [0.29, 0.717) is 5.92 Å². The van der Waals surface area contributed by atoms with E-state index < -0.39 is 0 Å². The number of ether oxygens (including phenoxy) is 1. The minimum atomic E-state index is -0.0319. The average molecular weight is 281 g/mol. The molecule has 1 fully saturated rings. The van der Waals surface area contributed by atoms with Crippen molar-refractivity contribution in [2.24, 2.45) is 5.92 Å². The molecule has 3 unspecified atom stereocenters. The molecule has 0 aliphatic carbocycles. The van der Waals surface area contributed by atoms with Gasteiger partial charge in [-0.05, 0) is 80.3 Å².